The molecule has 1 saturated carbocycles. The molecule has 0 radical (unpaired) electrons. The Hall–Kier alpha value is 0.0600. The third kappa shape index (κ3) is 0.712. The summed E-state index contributed by atoms with van der Waals surface area (Å²) in [5.41, 5.74) is 0. The molecular formula is C10H10Cl2. The van der Waals surface area contributed by atoms with Gasteiger partial charge in [0.15, 0.2) is 0 Å². The van der Waals surface area contributed by atoms with Gasteiger partial charge in [0, 0.05) is 21.9 Å². The van der Waals surface area contributed by atoms with Gasteiger partial charge in [0.25, 0.3) is 0 Å². The van der Waals surface area contributed by atoms with E-state index in [1.54, 1.807) is 0 Å². The maximum atomic E-state index is 6.15. The van der Waals surface area contributed by atoms with E-state index in [0.29, 0.717) is 17.8 Å². The van der Waals surface area contributed by atoms with E-state index in [1.165, 1.54) is 12.8 Å². The minimum absolute atomic E-state index is 0.563. The van der Waals surface area contributed by atoms with Crippen molar-refractivity contribution < 1.29 is 0 Å². The molecule has 0 amide bonds. The second-order valence-electron chi connectivity index (χ2n) is 4.05. The normalized spacial score (nSPS) is 49.2. The summed E-state index contributed by atoms with van der Waals surface area (Å²) >= 11 is 12.3. The van der Waals surface area contributed by atoms with Gasteiger partial charge in [-0.05, 0) is 24.7 Å². The van der Waals surface area contributed by atoms with Crippen molar-refractivity contribution >= 4 is 23.2 Å². The average Bonchev–Trinajstić information content (AvgIpc) is 2.63. The van der Waals surface area contributed by atoms with Gasteiger partial charge in [-0.2, -0.15) is 0 Å². The summed E-state index contributed by atoms with van der Waals surface area (Å²) in [5, 5.41) is 1.92. The first-order valence-corrected chi connectivity index (χ1v) is 5.26. The van der Waals surface area contributed by atoms with Crippen molar-refractivity contribution in [1.82, 2.24) is 0 Å². The van der Waals surface area contributed by atoms with E-state index >= 15 is 0 Å². The van der Waals surface area contributed by atoms with E-state index in [1.807, 2.05) is 0 Å². The molecule has 1 fully saturated rings. The van der Waals surface area contributed by atoms with E-state index in [0.717, 1.165) is 16.0 Å². The van der Waals surface area contributed by atoms with E-state index < -0.39 is 0 Å². The van der Waals surface area contributed by atoms with Gasteiger partial charge in [-0.25, -0.2) is 0 Å². The number of hydrogen-bond donors (Lipinski definition) is 0. The van der Waals surface area contributed by atoms with Crippen molar-refractivity contribution in [2.24, 2.45) is 23.7 Å². The Bertz CT molecular complexity index is 290. The molecule has 0 N–H and O–H groups in total. The van der Waals surface area contributed by atoms with E-state index in [2.05, 4.69) is 12.2 Å². The third-order valence-corrected chi connectivity index (χ3v) is 4.69. The highest BCUT2D eigenvalue weighted by molar-refractivity contribution is 6.40. The average molecular weight is 201 g/mol. The fourth-order valence-electron chi connectivity index (χ4n) is 3.08. The highest BCUT2D eigenvalue weighted by atomic mass is 35.5. The van der Waals surface area contributed by atoms with Crippen LogP contribution in [0.3, 0.4) is 0 Å². The predicted octanol–water partition coefficient (Wildman–Crippen LogP) is 3.52. The summed E-state index contributed by atoms with van der Waals surface area (Å²) in [6.45, 7) is 0. The Labute approximate surface area is 82.2 Å². The Morgan fingerprint density at radius 3 is 2.75 bits per heavy atom. The van der Waals surface area contributed by atoms with Gasteiger partial charge >= 0.3 is 0 Å². The first kappa shape index (κ1) is 7.46. The summed E-state index contributed by atoms with van der Waals surface area (Å²) in [4.78, 5) is 0. The predicted molar refractivity (Wildman–Crippen MR) is 51.1 cm³/mol. The summed E-state index contributed by atoms with van der Waals surface area (Å²) in [6.07, 6.45) is 7.04. The lowest BCUT2D eigenvalue weighted by molar-refractivity contribution is 0.390. The van der Waals surface area contributed by atoms with Crippen LogP contribution in [0.4, 0.5) is 0 Å². The lowest BCUT2D eigenvalue weighted by atomic mass is 9.85. The summed E-state index contributed by atoms with van der Waals surface area (Å²) < 4.78 is 0. The molecule has 0 aromatic heterocycles. The van der Waals surface area contributed by atoms with Gasteiger partial charge in [0.2, 0.25) is 0 Å². The second-order valence-corrected chi connectivity index (χ2v) is 4.86. The fraction of sp³-hybridized carbons (Fsp3) is 0.600. The van der Waals surface area contributed by atoms with Crippen LogP contribution in [0.5, 0.6) is 0 Å². The van der Waals surface area contributed by atoms with Gasteiger partial charge in [-0.3, -0.25) is 0 Å². The summed E-state index contributed by atoms with van der Waals surface area (Å²) in [7, 11) is 0. The van der Waals surface area contributed by atoms with Crippen molar-refractivity contribution in [3.05, 3.63) is 22.2 Å². The minimum atomic E-state index is 0.563. The van der Waals surface area contributed by atoms with Crippen LogP contribution in [-0.2, 0) is 0 Å². The van der Waals surface area contributed by atoms with E-state index in [4.69, 9.17) is 23.2 Å². The monoisotopic (exact) mass is 200 g/mol. The molecule has 3 rings (SSSR count). The smallest absolute Gasteiger partial charge is 0.0366 e. The van der Waals surface area contributed by atoms with Crippen LogP contribution in [0.15, 0.2) is 22.2 Å². The lowest BCUT2D eigenvalue weighted by Gasteiger charge is -2.23. The molecular weight excluding hydrogens is 191 g/mol. The molecule has 0 aromatic carbocycles. The van der Waals surface area contributed by atoms with Crippen LogP contribution in [0.2, 0.25) is 0 Å². The molecule has 0 aliphatic heterocycles. The van der Waals surface area contributed by atoms with Crippen LogP contribution in [0.25, 0.3) is 0 Å². The van der Waals surface area contributed by atoms with E-state index in [-0.39, 0.29) is 0 Å². The molecule has 64 valence electrons. The molecule has 12 heavy (non-hydrogen) atoms. The number of rotatable bonds is 0. The van der Waals surface area contributed by atoms with Gasteiger partial charge in [0.1, 0.15) is 0 Å². The molecule has 0 spiro atoms. The third-order valence-electron chi connectivity index (χ3n) is 3.63. The Morgan fingerprint density at radius 1 is 1.17 bits per heavy atom. The highest BCUT2D eigenvalue weighted by Crippen LogP contribution is 2.60. The summed E-state index contributed by atoms with van der Waals surface area (Å²) in [5.74, 6) is 2.65. The summed E-state index contributed by atoms with van der Waals surface area (Å²) in [6, 6.07) is 0. The minimum Gasteiger partial charge on any atom is -0.0879 e. The number of halogens is 2. The maximum Gasteiger partial charge on any atom is 0.0366 e. The number of allylic oxidation sites excluding steroid dienone is 4. The molecule has 0 nitrogen and oxygen atoms in total. The van der Waals surface area contributed by atoms with Crippen LogP contribution in [0, 0.1) is 23.7 Å². The number of hydrogen-bond acceptors (Lipinski definition) is 0. The Balaban J connectivity index is 2.06. The standard InChI is InChI=1S/C10H10Cl2/c11-9-7-4-8(10(9)12)6-3-1-2-5(6)7/h1-2,5-8H,3-4H2. The lowest BCUT2D eigenvalue weighted by Crippen LogP contribution is -2.16. The van der Waals surface area contributed by atoms with Crippen molar-refractivity contribution in [3.8, 4) is 0 Å². The molecule has 0 heterocycles. The quantitative estimate of drug-likeness (QED) is 0.526. The molecule has 3 aliphatic rings. The largest absolute Gasteiger partial charge is 0.0879 e. The van der Waals surface area contributed by atoms with Gasteiger partial charge in [-0.1, -0.05) is 35.4 Å². The van der Waals surface area contributed by atoms with E-state index in [9.17, 15) is 0 Å². The molecule has 0 saturated heterocycles. The SMILES string of the molecule is ClC1=C(Cl)C2CC1C1C=CCC21. The first-order chi connectivity index (χ1) is 5.79. The highest BCUT2D eigenvalue weighted by Gasteiger charge is 2.51. The van der Waals surface area contributed by atoms with Crippen LogP contribution in [0.1, 0.15) is 12.8 Å². The van der Waals surface area contributed by atoms with Gasteiger partial charge in [0.05, 0.1) is 0 Å². The van der Waals surface area contributed by atoms with Crippen molar-refractivity contribution in [2.75, 3.05) is 0 Å². The Kier molecular flexibility index (Phi) is 1.43. The molecule has 0 aromatic rings. The first-order valence-electron chi connectivity index (χ1n) is 4.50. The van der Waals surface area contributed by atoms with Crippen LogP contribution >= 0.6 is 23.2 Å². The van der Waals surface area contributed by atoms with Crippen molar-refractivity contribution in [1.29, 1.82) is 0 Å². The molecule has 2 heteroatoms. The molecule has 3 aliphatic carbocycles. The van der Waals surface area contributed by atoms with Gasteiger partial charge in [-0.15, -0.1) is 0 Å². The molecule has 4 unspecified atom stereocenters. The Morgan fingerprint density at radius 2 is 1.92 bits per heavy atom. The topological polar surface area (TPSA) is 0 Å². The zero-order valence-electron chi connectivity index (χ0n) is 6.63. The van der Waals surface area contributed by atoms with Crippen molar-refractivity contribution in [2.45, 2.75) is 12.8 Å². The molecule has 2 bridgehead atoms. The number of fused-ring (bicyclic) bond motifs is 5. The fourth-order valence-corrected chi connectivity index (χ4v) is 3.85. The van der Waals surface area contributed by atoms with Crippen LogP contribution in [-0.4, -0.2) is 0 Å². The van der Waals surface area contributed by atoms with Crippen LogP contribution < -0.4 is 0 Å². The maximum absolute atomic E-state index is 6.15. The van der Waals surface area contributed by atoms with Crippen molar-refractivity contribution in [3.63, 3.8) is 0 Å². The van der Waals surface area contributed by atoms with Gasteiger partial charge < -0.3 is 0 Å². The molecule has 4 atom stereocenters. The zero-order chi connectivity index (χ0) is 8.29. The second kappa shape index (κ2) is 2.30. The zero-order valence-corrected chi connectivity index (χ0v) is 8.15.